The summed E-state index contributed by atoms with van der Waals surface area (Å²) in [6, 6.07) is 16.8. The van der Waals surface area contributed by atoms with Crippen molar-refractivity contribution in [3.05, 3.63) is 64.6 Å². The van der Waals surface area contributed by atoms with Crippen LogP contribution in [0.3, 0.4) is 0 Å². The SMILES string of the molecule is O=C1CS[C@@H](c2ccccc2)C(=O)N1c1ccc(Br)cc1. The molecule has 3 rings (SSSR count). The molecular weight excluding hydrogens is 350 g/mol. The minimum absolute atomic E-state index is 0.167. The number of thioether (sulfide) groups is 1. The number of amides is 2. The maximum Gasteiger partial charge on any atom is 0.251 e. The van der Waals surface area contributed by atoms with Gasteiger partial charge in [-0.15, -0.1) is 11.8 Å². The third kappa shape index (κ3) is 2.89. The molecule has 3 nitrogen and oxygen atoms in total. The number of hydrogen-bond donors (Lipinski definition) is 0. The Labute approximate surface area is 135 Å². The highest BCUT2D eigenvalue weighted by molar-refractivity contribution is 9.10. The maximum absolute atomic E-state index is 12.7. The van der Waals surface area contributed by atoms with Crippen molar-refractivity contribution in [1.82, 2.24) is 0 Å². The summed E-state index contributed by atoms with van der Waals surface area (Å²) >= 11 is 4.74. The fourth-order valence-corrected chi connectivity index (χ4v) is 3.56. The lowest BCUT2D eigenvalue weighted by molar-refractivity contribution is -0.125. The molecule has 0 N–H and O–H groups in total. The van der Waals surface area contributed by atoms with Crippen molar-refractivity contribution in [3.63, 3.8) is 0 Å². The van der Waals surface area contributed by atoms with Gasteiger partial charge in [-0.3, -0.25) is 9.59 Å². The van der Waals surface area contributed by atoms with Gasteiger partial charge in [-0.25, -0.2) is 4.90 Å². The number of imide groups is 1. The summed E-state index contributed by atoms with van der Waals surface area (Å²) in [6.45, 7) is 0. The van der Waals surface area contributed by atoms with Crippen LogP contribution in [0.5, 0.6) is 0 Å². The Kier molecular flexibility index (Phi) is 4.12. The third-order valence-corrected chi connectivity index (χ3v) is 5.00. The number of carbonyl (C=O) groups excluding carboxylic acids is 2. The van der Waals surface area contributed by atoms with E-state index in [1.54, 1.807) is 12.1 Å². The zero-order valence-corrected chi connectivity index (χ0v) is 13.4. The summed E-state index contributed by atoms with van der Waals surface area (Å²) in [7, 11) is 0. The normalized spacial score (nSPS) is 18.9. The molecule has 0 aliphatic carbocycles. The average Bonchev–Trinajstić information content (AvgIpc) is 2.50. The van der Waals surface area contributed by atoms with Crippen LogP contribution in [0, 0.1) is 0 Å². The van der Waals surface area contributed by atoms with Crippen molar-refractivity contribution in [2.24, 2.45) is 0 Å². The number of carbonyl (C=O) groups is 2. The molecule has 1 saturated heterocycles. The van der Waals surface area contributed by atoms with Crippen molar-refractivity contribution in [2.45, 2.75) is 5.25 Å². The fourth-order valence-electron chi connectivity index (χ4n) is 2.26. The Bertz CT molecular complexity index is 672. The summed E-state index contributed by atoms with van der Waals surface area (Å²) in [5.74, 6) is -0.0364. The molecule has 0 radical (unpaired) electrons. The number of anilines is 1. The van der Waals surface area contributed by atoms with Crippen molar-refractivity contribution < 1.29 is 9.59 Å². The number of nitrogens with zero attached hydrogens (tertiary/aromatic N) is 1. The molecule has 2 amide bonds. The number of rotatable bonds is 2. The third-order valence-electron chi connectivity index (χ3n) is 3.25. The van der Waals surface area contributed by atoms with Gasteiger partial charge < -0.3 is 0 Å². The van der Waals surface area contributed by atoms with Gasteiger partial charge in [0, 0.05) is 4.47 Å². The molecule has 0 spiro atoms. The van der Waals surface area contributed by atoms with E-state index in [0.717, 1.165) is 10.0 Å². The molecule has 2 aromatic rings. The first kappa shape index (κ1) is 14.4. The molecule has 0 unspecified atom stereocenters. The molecule has 1 aliphatic rings. The summed E-state index contributed by atoms with van der Waals surface area (Å²) < 4.78 is 0.914. The van der Waals surface area contributed by atoms with Gasteiger partial charge in [0.25, 0.3) is 5.91 Å². The van der Waals surface area contributed by atoms with Crippen molar-refractivity contribution in [1.29, 1.82) is 0 Å². The second-order valence-corrected chi connectivity index (χ2v) is 6.65. The van der Waals surface area contributed by atoms with Crippen LogP contribution in [-0.4, -0.2) is 17.6 Å². The largest absolute Gasteiger partial charge is 0.273 e. The molecule has 106 valence electrons. The first-order valence-electron chi connectivity index (χ1n) is 6.46. The van der Waals surface area contributed by atoms with Crippen LogP contribution in [-0.2, 0) is 9.59 Å². The minimum Gasteiger partial charge on any atom is -0.273 e. The van der Waals surface area contributed by atoms with Gasteiger partial charge in [0.15, 0.2) is 0 Å². The summed E-state index contributed by atoms with van der Waals surface area (Å²) in [5, 5.41) is -0.326. The van der Waals surface area contributed by atoms with E-state index in [2.05, 4.69) is 15.9 Å². The van der Waals surface area contributed by atoms with E-state index in [-0.39, 0.29) is 17.1 Å². The van der Waals surface area contributed by atoms with Crippen LogP contribution < -0.4 is 4.90 Å². The highest BCUT2D eigenvalue weighted by Crippen LogP contribution is 2.36. The lowest BCUT2D eigenvalue weighted by atomic mass is 10.1. The molecule has 0 bridgehead atoms. The van der Waals surface area contributed by atoms with Gasteiger partial charge in [-0.1, -0.05) is 46.3 Å². The predicted octanol–water partition coefficient (Wildman–Crippen LogP) is 3.80. The van der Waals surface area contributed by atoms with E-state index >= 15 is 0 Å². The van der Waals surface area contributed by atoms with E-state index in [4.69, 9.17) is 0 Å². The Hall–Kier alpha value is -1.59. The quantitative estimate of drug-likeness (QED) is 0.763. The number of hydrogen-bond acceptors (Lipinski definition) is 3. The minimum atomic E-state index is -0.326. The van der Waals surface area contributed by atoms with Crippen molar-refractivity contribution >= 4 is 45.2 Å². The van der Waals surface area contributed by atoms with Crippen LogP contribution in [0.2, 0.25) is 0 Å². The summed E-state index contributed by atoms with van der Waals surface area (Å²) in [6.07, 6.45) is 0. The van der Waals surface area contributed by atoms with Crippen LogP contribution in [0.4, 0.5) is 5.69 Å². The molecule has 0 aromatic heterocycles. The zero-order chi connectivity index (χ0) is 14.8. The monoisotopic (exact) mass is 361 g/mol. The summed E-state index contributed by atoms with van der Waals surface area (Å²) in [5.41, 5.74) is 1.55. The molecule has 1 heterocycles. The standard InChI is InChI=1S/C16H12BrNO2S/c17-12-6-8-13(9-7-12)18-14(19)10-21-15(16(18)20)11-4-2-1-3-5-11/h1-9,15H,10H2/t15-/m0/s1. The highest BCUT2D eigenvalue weighted by atomic mass is 79.9. The van der Waals surface area contributed by atoms with Gasteiger partial charge in [0.05, 0.1) is 11.4 Å². The number of halogens is 1. The van der Waals surface area contributed by atoms with E-state index in [1.165, 1.54) is 16.7 Å². The maximum atomic E-state index is 12.7. The van der Waals surface area contributed by atoms with Gasteiger partial charge in [-0.2, -0.15) is 0 Å². The van der Waals surface area contributed by atoms with Crippen LogP contribution >= 0.6 is 27.7 Å². The lowest BCUT2D eigenvalue weighted by Crippen LogP contribution is -2.44. The first-order valence-corrected chi connectivity index (χ1v) is 8.30. The van der Waals surface area contributed by atoms with E-state index in [1.807, 2.05) is 42.5 Å². The average molecular weight is 362 g/mol. The van der Waals surface area contributed by atoms with Gasteiger partial charge in [-0.05, 0) is 29.8 Å². The number of benzene rings is 2. The van der Waals surface area contributed by atoms with Gasteiger partial charge in [0.2, 0.25) is 5.91 Å². The summed E-state index contributed by atoms with van der Waals surface area (Å²) in [4.78, 5) is 26.1. The first-order chi connectivity index (χ1) is 10.2. The smallest absolute Gasteiger partial charge is 0.251 e. The predicted molar refractivity (Wildman–Crippen MR) is 88.3 cm³/mol. The molecular formula is C16H12BrNO2S. The van der Waals surface area contributed by atoms with Crippen LogP contribution in [0.15, 0.2) is 59.1 Å². The fraction of sp³-hybridized carbons (Fsp3) is 0.125. The van der Waals surface area contributed by atoms with E-state index in [9.17, 15) is 9.59 Å². The molecule has 1 fully saturated rings. The highest BCUT2D eigenvalue weighted by Gasteiger charge is 2.36. The van der Waals surface area contributed by atoms with Gasteiger partial charge in [0.1, 0.15) is 5.25 Å². The molecule has 2 aromatic carbocycles. The van der Waals surface area contributed by atoms with E-state index < -0.39 is 0 Å². The zero-order valence-electron chi connectivity index (χ0n) is 11.0. The molecule has 21 heavy (non-hydrogen) atoms. The van der Waals surface area contributed by atoms with Crippen molar-refractivity contribution in [3.8, 4) is 0 Å². The molecule has 1 atom stereocenters. The van der Waals surface area contributed by atoms with E-state index in [0.29, 0.717) is 11.4 Å². The lowest BCUT2D eigenvalue weighted by Gasteiger charge is -2.30. The van der Waals surface area contributed by atoms with Crippen LogP contribution in [0.1, 0.15) is 10.8 Å². The molecule has 1 aliphatic heterocycles. The molecule has 0 saturated carbocycles. The molecule has 5 heteroatoms. The van der Waals surface area contributed by atoms with Crippen LogP contribution in [0.25, 0.3) is 0 Å². The Morgan fingerprint density at radius 2 is 1.67 bits per heavy atom. The Morgan fingerprint density at radius 3 is 2.33 bits per heavy atom. The second-order valence-electron chi connectivity index (χ2n) is 4.65. The van der Waals surface area contributed by atoms with Crippen molar-refractivity contribution in [2.75, 3.05) is 10.7 Å². The van der Waals surface area contributed by atoms with Gasteiger partial charge >= 0.3 is 0 Å². The Morgan fingerprint density at radius 1 is 1.00 bits per heavy atom. The Balaban J connectivity index is 1.94. The topological polar surface area (TPSA) is 37.4 Å². The second kappa shape index (κ2) is 6.03.